The van der Waals surface area contributed by atoms with E-state index in [2.05, 4.69) is 4.98 Å². The molecule has 2 aromatic rings. The largest absolute Gasteiger partial charge is 0.478 e. The van der Waals surface area contributed by atoms with Gasteiger partial charge in [0.15, 0.2) is 0 Å². The number of aromatic nitrogens is 1. The van der Waals surface area contributed by atoms with Crippen LogP contribution in [0.2, 0.25) is 0 Å². The first-order valence-corrected chi connectivity index (χ1v) is 9.10. The highest BCUT2D eigenvalue weighted by Gasteiger charge is 2.02. The molecule has 0 unspecified atom stereocenters. The summed E-state index contributed by atoms with van der Waals surface area (Å²) in [6.45, 7) is 2.97. The number of hydrogen-bond acceptors (Lipinski definition) is 4. The molecule has 0 aliphatic rings. The van der Waals surface area contributed by atoms with Crippen LogP contribution in [0.5, 0.6) is 5.88 Å². The smallest absolute Gasteiger partial charge is 0.305 e. The summed E-state index contributed by atoms with van der Waals surface area (Å²) in [5, 5.41) is 0. The number of unbranched alkanes of at least 4 members (excludes halogenated alkanes) is 4. The monoisotopic (exact) mass is 341 g/mol. The summed E-state index contributed by atoms with van der Waals surface area (Å²) in [5.41, 5.74) is 2.02. The van der Waals surface area contributed by atoms with Crippen molar-refractivity contribution in [2.75, 3.05) is 13.2 Å². The lowest BCUT2D eigenvalue weighted by atomic mass is 10.1. The fourth-order valence-electron chi connectivity index (χ4n) is 2.58. The Morgan fingerprint density at radius 1 is 0.920 bits per heavy atom. The molecule has 2 rings (SSSR count). The minimum atomic E-state index is -0.0878. The second kappa shape index (κ2) is 11.2. The highest BCUT2D eigenvalue weighted by atomic mass is 16.5. The molecule has 0 fully saturated rings. The summed E-state index contributed by atoms with van der Waals surface area (Å²) in [4.78, 5) is 15.8. The van der Waals surface area contributed by atoms with Gasteiger partial charge in [0.1, 0.15) is 0 Å². The number of benzene rings is 1. The standard InChI is InChI=1S/C21H27NO3/c1-2-24-21(23)16-9-4-3-5-10-17-25-20-15-11-14-19(22-20)18-12-7-6-8-13-18/h6-8,11-15H,2-5,9-10,16-17H2,1H3. The Morgan fingerprint density at radius 3 is 2.48 bits per heavy atom. The van der Waals surface area contributed by atoms with Gasteiger partial charge in [0, 0.05) is 18.1 Å². The molecule has 134 valence electrons. The summed E-state index contributed by atoms with van der Waals surface area (Å²) in [6.07, 6.45) is 5.69. The van der Waals surface area contributed by atoms with Gasteiger partial charge in [0.2, 0.25) is 5.88 Å². The Morgan fingerprint density at radius 2 is 1.68 bits per heavy atom. The summed E-state index contributed by atoms with van der Waals surface area (Å²) < 4.78 is 10.7. The Balaban J connectivity index is 1.60. The SMILES string of the molecule is CCOC(=O)CCCCCCCOc1cccc(-c2ccccc2)n1. The Kier molecular flexibility index (Phi) is 8.53. The molecular formula is C21H27NO3. The maximum absolute atomic E-state index is 11.2. The zero-order valence-electron chi connectivity index (χ0n) is 14.9. The van der Waals surface area contributed by atoms with Crippen LogP contribution in [0.15, 0.2) is 48.5 Å². The molecule has 25 heavy (non-hydrogen) atoms. The molecule has 1 aromatic carbocycles. The highest BCUT2D eigenvalue weighted by Crippen LogP contribution is 2.19. The van der Waals surface area contributed by atoms with E-state index in [1.807, 2.05) is 55.5 Å². The van der Waals surface area contributed by atoms with Crippen LogP contribution in [0.4, 0.5) is 0 Å². The fraction of sp³-hybridized carbons (Fsp3) is 0.429. The van der Waals surface area contributed by atoms with E-state index in [0.29, 0.717) is 25.5 Å². The highest BCUT2D eigenvalue weighted by molar-refractivity contribution is 5.69. The van der Waals surface area contributed by atoms with Crippen molar-refractivity contribution < 1.29 is 14.3 Å². The second-order valence-electron chi connectivity index (χ2n) is 5.90. The van der Waals surface area contributed by atoms with E-state index in [9.17, 15) is 4.79 Å². The third-order valence-electron chi connectivity index (χ3n) is 3.87. The van der Waals surface area contributed by atoms with Crippen molar-refractivity contribution in [2.45, 2.75) is 45.4 Å². The average molecular weight is 341 g/mol. The van der Waals surface area contributed by atoms with Gasteiger partial charge < -0.3 is 9.47 Å². The third-order valence-corrected chi connectivity index (χ3v) is 3.87. The summed E-state index contributed by atoms with van der Waals surface area (Å²) in [5.74, 6) is 0.582. The van der Waals surface area contributed by atoms with Gasteiger partial charge in [-0.05, 0) is 25.8 Å². The molecule has 1 aromatic heterocycles. The van der Waals surface area contributed by atoms with Crippen molar-refractivity contribution in [2.24, 2.45) is 0 Å². The van der Waals surface area contributed by atoms with Gasteiger partial charge in [-0.15, -0.1) is 0 Å². The topological polar surface area (TPSA) is 48.4 Å². The van der Waals surface area contributed by atoms with E-state index in [1.54, 1.807) is 0 Å². The van der Waals surface area contributed by atoms with E-state index in [4.69, 9.17) is 9.47 Å². The third kappa shape index (κ3) is 7.38. The molecule has 0 radical (unpaired) electrons. The van der Waals surface area contributed by atoms with Crippen LogP contribution in [0.3, 0.4) is 0 Å². The molecule has 0 saturated carbocycles. The Labute approximate surface area is 150 Å². The average Bonchev–Trinajstić information content (AvgIpc) is 2.65. The molecule has 4 nitrogen and oxygen atoms in total. The number of carbonyl (C=O) groups excluding carboxylic acids is 1. The van der Waals surface area contributed by atoms with E-state index < -0.39 is 0 Å². The molecule has 0 aliphatic heterocycles. The number of hydrogen-bond donors (Lipinski definition) is 0. The van der Waals surface area contributed by atoms with Crippen molar-refractivity contribution >= 4 is 5.97 Å². The van der Waals surface area contributed by atoms with Gasteiger partial charge in [0.05, 0.1) is 18.9 Å². The lowest BCUT2D eigenvalue weighted by Crippen LogP contribution is -2.03. The second-order valence-corrected chi connectivity index (χ2v) is 5.90. The molecule has 0 bridgehead atoms. The van der Waals surface area contributed by atoms with Crippen LogP contribution >= 0.6 is 0 Å². The minimum Gasteiger partial charge on any atom is -0.478 e. The molecular weight excluding hydrogens is 314 g/mol. The zero-order chi connectivity index (χ0) is 17.7. The van der Waals surface area contributed by atoms with Gasteiger partial charge in [-0.1, -0.05) is 55.7 Å². The summed E-state index contributed by atoms with van der Waals surface area (Å²) in [6, 6.07) is 16.0. The zero-order valence-corrected chi connectivity index (χ0v) is 14.9. The number of esters is 1. The number of rotatable bonds is 11. The van der Waals surface area contributed by atoms with Gasteiger partial charge in [-0.2, -0.15) is 0 Å². The van der Waals surface area contributed by atoms with Crippen molar-refractivity contribution in [3.63, 3.8) is 0 Å². The van der Waals surface area contributed by atoms with Crippen LogP contribution in [0, 0.1) is 0 Å². The maximum atomic E-state index is 11.2. The van der Waals surface area contributed by atoms with E-state index >= 15 is 0 Å². The first-order valence-electron chi connectivity index (χ1n) is 9.10. The summed E-state index contributed by atoms with van der Waals surface area (Å²) in [7, 11) is 0. The molecule has 0 aliphatic carbocycles. The van der Waals surface area contributed by atoms with Crippen molar-refractivity contribution in [3.8, 4) is 17.1 Å². The van der Waals surface area contributed by atoms with Crippen LogP contribution < -0.4 is 4.74 Å². The Bertz CT molecular complexity index is 628. The lowest BCUT2D eigenvalue weighted by Gasteiger charge is -2.07. The predicted octanol–water partition coefficient (Wildman–Crippen LogP) is 5.03. The molecule has 0 amide bonds. The number of pyridine rings is 1. The van der Waals surface area contributed by atoms with Crippen molar-refractivity contribution in [3.05, 3.63) is 48.5 Å². The first-order chi connectivity index (χ1) is 12.3. The minimum absolute atomic E-state index is 0.0878. The van der Waals surface area contributed by atoms with Crippen molar-refractivity contribution in [1.29, 1.82) is 0 Å². The van der Waals surface area contributed by atoms with E-state index in [0.717, 1.165) is 43.4 Å². The van der Waals surface area contributed by atoms with Crippen molar-refractivity contribution in [1.82, 2.24) is 4.98 Å². The lowest BCUT2D eigenvalue weighted by molar-refractivity contribution is -0.143. The van der Waals surface area contributed by atoms with E-state index in [-0.39, 0.29) is 5.97 Å². The quantitative estimate of drug-likeness (QED) is 0.425. The van der Waals surface area contributed by atoms with Crippen LogP contribution in [0.1, 0.15) is 45.4 Å². The Hall–Kier alpha value is -2.36. The van der Waals surface area contributed by atoms with Crippen LogP contribution in [-0.2, 0) is 9.53 Å². The van der Waals surface area contributed by atoms with Gasteiger partial charge >= 0.3 is 5.97 Å². The molecule has 0 atom stereocenters. The normalized spacial score (nSPS) is 10.4. The molecule has 0 saturated heterocycles. The first kappa shape index (κ1) is 19.0. The van der Waals surface area contributed by atoms with Gasteiger partial charge in [-0.25, -0.2) is 4.98 Å². The van der Waals surface area contributed by atoms with Gasteiger partial charge in [0.25, 0.3) is 0 Å². The fourth-order valence-corrected chi connectivity index (χ4v) is 2.58. The summed E-state index contributed by atoms with van der Waals surface area (Å²) >= 11 is 0. The molecule has 0 spiro atoms. The maximum Gasteiger partial charge on any atom is 0.305 e. The predicted molar refractivity (Wildman–Crippen MR) is 99.5 cm³/mol. The van der Waals surface area contributed by atoms with Gasteiger partial charge in [-0.3, -0.25) is 4.79 Å². The van der Waals surface area contributed by atoms with Crippen LogP contribution in [0.25, 0.3) is 11.3 Å². The number of carbonyl (C=O) groups is 1. The van der Waals surface area contributed by atoms with E-state index in [1.165, 1.54) is 0 Å². The molecule has 0 N–H and O–H groups in total. The molecule has 4 heteroatoms. The molecule has 1 heterocycles. The number of nitrogens with zero attached hydrogens (tertiary/aromatic N) is 1. The number of ether oxygens (including phenoxy) is 2. The van der Waals surface area contributed by atoms with Crippen LogP contribution in [-0.4, -0.2) is 24.2 Å².